The Labute approximate surface area is 99.1 Å². The summed E-state index contributed by atoms with van der Waals surface area (Å²) < 4.78 is 5.64. The van der Waals surface area contributed by atoms with Gasteiger partial charge in [0, 0.05) is 13.0 Å². The lowest BCUT2D eigenvalue weighted by atomic mass is 9.89. The molecule has 1 unspecified atom stereocenters. The van der Waals surface area contributed by atoms with Crippen molar-refractivity contribution in [3.63, 3.8) is 0 Å². The molecule has 1 saturated heterocycles. The third-order valence-electron chi connectivity index (χ3n) is 3.37. The topological polar surface area (TPSA) is 26.3 Å². The fraction of sp³-hybridized carbons (Fsp3) is 0.786. The van der Waals surface area contributed by atoms with E-state index in [1.807, 2.05) is 13.0 Å². The molecule has 0 aromatic carbocycles. The molecule has 0 radical (unpaired) electrons. The third kappa shape index (κ3) is 4.09. The van der Waals surface area contributed by atoms with E-state index >= 15 is 0 Å². The van der Waals surface area contributed by atoms with Gasteiger partial charge >= 0.3 is 0 Å². The van der Waals surface area contributed by atoms with Crippen LogP contribution in [0.1, 0.15) is 58.3 Å². The Balaban J connectivity index is 2.20. The predicted molar refractivity (Wildman–Crippen MR) is 66.5 cm³/mol. The summed E-state index contributed by atoms with van der Waals surface area (Å²) in [6.07, 6.45) is 10.1. The van der Waals surface area contributed by atoms with E-state index in [1.165, 1.54) is 0 Å². The van der Waals surface area contributed by atoms with Crippen molar-refractivity contribution in [3.05, 3.63) is 12.7 Å². The van der Waals surface area contributed by atoms with Crippen LogP contribution in [0.3, 0.4) is 0 Å². The summed E-state index contributed by atoms with van der Waals surface area (Å²) in [6, 6.07) is 0. The van der Waals surface area contributed by atoms with Crippen LogP contribution in [-0.4, -0.2) is 18.0 Å². The van der Waals surface area contributed by atoms with E-state index in [2.05, 4.69) is 6.58 Å². The SMILES string of the molecule is C=CCCCCCC(=O)C1(C)CCCCO1. The number of hydrogen-bond donors (Lipinski definition) is 0. The highest BCUT2D eigenvalue weighted by atomic mass is 16.5. The molecule has 0 N–H and O–H groups in total. The monoisotopic (exact) mass is 224 g/mol. The second-order valence-electron chi connectivity index (χ2n) is 4.85. The summed E-state index contributed by atoms with van der Waals surface area (Å²) >= 11 is 0. The molecule has 1 atom stereocenters. The van der Waals surface area contributed by atoms with E-state index in [-0.39, 0.29) is 0 Å². The molecule has 0 amide bonds. The molecule has 0 aromatic heterocycles. The van der Waals surface area contributed by atoms with E-state index in [1.54, 1.807) is 0 Å². The minimum atomic E-state index is -0.476. The van der Waals surface area contributed by atoms with Gasteiger partial charge in [-0.15, -0.1) is 6.58 Å². The minimum Gasteiger partial charge on any atom is -0.368 e. The molecule has 0 spiro atoms. The number of allylic oxidation sites excluding steroid dienone is 1. The van der Waals surface area contributed by atoms with Crippen molar-refractivity contribution in [2.24, 2.45) is 0 Å². The number of hydrogen-bond acceptors (Lipinski definition) is 2. The van der Waals surface area contributed by atoms with E-state index in [9.17, 15) is 4.79 Å². The number of ketones is 1. The molecular formula is C14H24O2. The number of ether oxygens (including phenoxy) is 1. The molecule has 1 aliphatic heterocycles. The van der Waals surface area contributed by atoms with Crippen LogP contribution in [0.5, 0.6) is 0 Å². The van der Waals surface area contributed by atoms with Crippen LogP contribution < -0.4 is 0 Å². The van der Waals surface area contributed by atoms with Crippen molar-refractivity contribution in [2.45, 2.75) is 63.9 Å². The Hall–Kier alpha value is -0.630. The van der Waals surface area contributed by atoms with Crippen LogP contribution in [0.4, 0.5) is 0 Å². The number of unbranched alkanes of at least 4 members (excludes halogenated alkanes) is 3. The van der Waals surface area contributed by atoms with Crippen molar-refractivity contribution < 1.29 is 9.53 Å². The zero-order valence-electron chi connectivity index (χ0n) is 10.5. The van der Waals surface area contributed by atoms with Crippen molar-refractivity contribution in [3.8, 4) is 0 Å². The Bertz CT molecular complexity index is 227. The lowest BCUT2D eigenvalue weighted by molar-refractivity contribution is -0.148. The number of carbonyl (C=O) groups is 1. The molecular weight excluding hydrogens is 200 g/mol. The molecule has 0 aliphatic carbocycles. The molecule has 0 bridgehead atoms. The van der Waals surface area contributed by atoms with Gasteiger partial charge < -0.3 is 4.74 Å². The first-order valence-electron chi connectivity index (χ1n) is 6.47. The molecule has 1 fully saturated rings. The van der Waals surface area contributed by atoms with Crippen molar-refractivity contribution >= 4 is 5.78 Å². The maximum Gasteiger partial charge on any atom is 0.164 e. The second kappa shape index (κ2) is 6.85. The van der Waals surface area contributed by atoms with Crippen molar-refractivity contribution in [2.75, 3.05) is 6.61 Å². The average Bonchev–Trinajstić information content (AvgIpc) is 2.29. The van der Waals surface area contributed by atoms with E-state index in [0.717, 1.165) is 51.6 Å². The van der Waals surface area contributed by atoms with Crippen molar-refractivity contribution in [1.82, 2.24) is 0 Å². The van der Waals surface area contributed by atoms with E-state index < -0.39 is 5.60 Å². The van der Waals surface area contributed by atoms with Crippen LogP contribution in [-0.2, 0) is 9.53 Å². The number of Topliss-reactive ketones (excluding diaryl/α,β-unsaturated/α-hetero) is 1. The van der Waals surface area contributed by atoms with E-state index in [4.69, 9.17) is 4.74 Å². The van der Waals surface area contributed by atoms with Gasteiger partial charge in [-0.2, -0.15) is 0 Å². The van der Waals surface area contributed by atoms with Gasteiger partial charge in [-0.1, -0.05) is 12.5 Å². The maximum absolute atomic E-state index is 12.0. The summed E-state index contributed by atoms with van der Waals surface area (Å²) in [7, 11) is 0. The van der Waals surface area contributed by atoms with Gasteiger partial charge in [0.1, 0.15) is 5.60 Å². The molecule has 16 heavy (non-hydrogen) atoms. The van der Waals surface area contributed by atoms with Gasteiger partial charge in [-0.05, 0) is 45.4 Å². The highest BCUT2D eigenvalue weighted by Gasteiger charge is 2.34. The van der Waals surface area contributed by atoms with Gasteiger partial charge in [-0.25, -0.2) is 0 Å². The maximum atomic E-state index is 12.0. The summed E-state index contributed by atoms with van der Waals surface area (Å²) in [6.45, 7) is 6.40. The Morgan fingerprint density at radius 2 is 2.19 bits per heavy atom. The Morgan fingerprint density at radius 3 is 2.81 bits per heavy atom. The number of rotatable bonds is 7. The first kappa shape index (κ1) is 13.4. The summed E-state index contributed by atoms with van der Waals surface area (Å²) in [5, 5.41) is 0. The molecule has 1 rings (SSSR count). The lowest BCUT2D eigenvalue weighted by Crippen LogP contribution is -2.41. The molecule has 0 aromatic rings. The molecule has 1 aliphatic rings. The zero-order chi connectivity index (χ0) is 11.9. The first-order chi connectivity index (χ1) is 7.69. The Morgan fingerprint density at radius 1 is 1.38 bits per heavy atom. The smallest absolute Gasteiger partial charge is 0.164 e. The van der Waals surface area contributed by atoms with E-state index in [0.29, 0.717) is 12.2 Å². The fourth-order valence-corrected chi connectivity index (χ4v) is 2.17. The minimum absolute atomic E-state index is 0.297. The highest BCUT2D eigenvalue weighted by molar-refractivity contribution is 5.86. The highest BCUT2D eigenvalue weighted by Crippen LogP contribution is 2.27. The zero-order valence-corrected chi connectivity index (χ0v) is 10.5. The van der Waals surface area contributed by atoms with Gasteiger partial charge in [0.25, 0.3) is 0 Å². The molecule has 2 heteroatoms. The summed E-state index contributed by atoms with van der Waals surface area (Å²) in [4.78, 5) is 12.0. The molecule has 2 nitrogen and oxygen atoms in total. The van der Waals surface area contributed by atoms with Crippen LogP contribution in [0.2, 0.25) is 0 Å². The van der Waals surface area contributed by atoms with Crippen LogP contribution in [0.25, 0.3) is 0 Å². The summed E-state index contributed by atoms with van der Waals surface area (Å²) in [5.41, 5.74) is -0.476. The van der Waals surface area contributed by atoms with Gasteiger partial charge in [-0.3, -0.25) is 4.79 Å². The lowest BCUT2D eigenvalue weighted by Gasteiger charge is -2.32. The predicted octanol–water partition coefficient (Wildman–Crippen LogP) is 3.65. The standard InChI is InChI=1S/C14H24O2/c1-3-4-5-6-7-10-13(15)14(2)11-8-9-12-16-14/h3H,1,4-12H2,2H3. The molecule has 1 heterocycles. The second-order valence-corrected chi connectivity index (χ2v) is 4.85. The van der Waals surface area contributed by atoms with Crippen LogP contribution in [0, 0.1) is 0 Å². The van der Waals surface area contributed by atoms with Gasteiger partial charge in [0.2, 0.25) is 0 Å². The quantitative estimate of drug-likeness (QED) is 0.487. The Kier molecular flexibility index (Phi) is 5.75. The fourth-order valence-electron chi connectivity index (χ4n) is 2.17. The molecule has 92 valence electrons. The third-order valence-corrected chi connectivity index (χ3v) is 3.37. The van der Waals surface area contributed by atoms with Crippen molar-refractivity contribution in [1.29, 1.82) is 0 Å². The number of carbonyl (C=O) groups excluding carboxylic acids is 1. The first-order valence-corrected chi connectivity index (χ1v) is 6.47. The largest absolute Gasteiger partial charge is 0.368 e. The van der Waals surface area contributed by atoms with Gasteiger partial charge in [0.15, 0.2) is 5.78 Å². The summed E-state index contributed by atoms with van der Waals surface area (Å²) in [5.74, 6) is 0.297. The van der Waals surface area contributed by atoms with Gasteiger partial charge in [0.05, 0.1) is 0 Å². The van der Waals surface area contributed by atoms with Crippen LogP contribution >= 0.6 is 0 Å². The molecule has 0 saturated carbocycles. The normalized spacial score (nSPS) is 25.3. The average molecular weight is 224 g/mol. The van der Waals surface area contributed by atoms with Crippen LogP contribution in [0.15, 0.2) is 12.7 Å².